The molecule has 1 fully saturated rings. The van der Waals surface area contributed by atoms with Gasteiger partial charge in [0.1, 0.15) is 0 Å². The number of sulfonamides is 1. The third-order valence-electron chi connectivity index (χ3n) is 4.22. The van der Waals surface area contributed by atoms with E-state index in [1.807, 2.05) is 6.07 Å². The SMILES string of the molecule is Cc1ccc(Br)cc1S(=O)(=O)NC(CN)C1CCCCC1. The molecular formula is C15H23BrN2O2S. The van der Waals surface area contributed by atoms with Crippen molar-refractivity contribution in [3.05, 3.63) is 28.2 Å². The number of hydrogen-bond donors (Lipinski definition) is 2. The fourth-order valence-electron chi connectivity index (χ4n) is 3.00. The smallest absolute Gasteiger partial charge is 0.241 e. The maximum Gasteiger partial charge on any atom is 0.241 e. The lowest BCUT2D eigenvalue weighted by Crippen LogP contribution is -2.45. The third kappa shape index (κ3) is 4.28. The van der Waals surface area contributed by atoms with Gasteiger partial charge in [0.2, 0.25) is 10.0 Å². The molecule has 1 aliphatic carbocycles. The highest BCUT2D eigenvalue weighted by molar-refractivity contribution is 9.10. The van der Waals surface area contributed by atoms with Crippen LogP contribution in [0.15, 0.2) is 27.6 Å². The highest BCUT2D eigenvalue weighted by Gasteiger charge is 2.28. The minimum atomic E-state index is -3.53. The number of rotatable bonds is 5. The third-order valence-corrected chi connectivity index (χ3v) is 6.34. The zero-order chi connectivity index (χ0) is 15.5. The number of halogens is 1. The zero-order valence-electron chi connectivity index (χ0n) is 12.3. The second kappa shape index (κ2) is 7.22. The summed E-state index contributed by atoms with van der Waals surface area (Å²) in [6, 6.07) is 5.12. The Kier molecular flexibility index (Phi) is 5.82. The van der Waals surface area contributed by atoms with E-state index in [4.69, 9.17) is 5.73 Å². The normalized spacial score (nSPS) is 18.6. The Balaban J connectivity index is 2.20. The number of benzene rings is 1. The molecule has 3 N–H and O–H groups in total. The van der Waals surface area contributed by atoms with E-state index in [9.17, 15) is 8.42 Å². The van der Waals surface area contributed by atoms with E-state index in [-0.39, 0.29) is 6.04 Å². The predicted octanol–water partition coefficient (Wildman–Crippen LogP) is 2.94. The van der Waals surface area contributed by atoms with Crippen LogP contribution in [0.25, 0.3) is 0 Å². The molecule has 0 amide bonds. The van der Waals surface area contributed by atoms with Crippen molar-refractivity contribution in [2.75, 3.05) is 6.54 Å². The molecule has 6 heteroatoms. The van der Waals surface area contributed by atoms with Crippen molar-refractivity contribution in [1.29, 1.82) is 0 Å². The first-order chi connectivity index (χ1) is 9.94. The minimum Gasteiger partial charge on any atom is -0.329 e. The molecule has 0 heterocycles. The molecule has 0 radical (unpaired) electrons. The van der Waals surface area contributed by atoms with Crippen LogP contribution >= 0.6 is 15.9 Å². The Morgan fingerprint density at radius 2 is 2.00 bits per heavy atom. The highest BCUT2D eigenvalue weighted by Crippen LogP contribution is 2.28. The van der Waals surface area contributed by atoms with Crippen LogP contribution < -0.4 is 10.5 Å². The van der Waals surface area contributed by atoms with E-state index in [0.29, 0.717) is 17.4 Å². The van der Waals surface area contributed by atoms with Gasteiger partial charge >= 0.3 is 0 Å². The zero-order valence-corrected chi connectivity index (χ0v) is 14.7. The maximum atomic E-state index is 12.6. The number of hydrogen-bond acceptors (Lipinski definition) is 3. The molecular weight excluding hydrogens is 352 g/mol. The van der Waals surface area contributed by atoms with Gasteiger partial charge in [-0.05, 0) is 43.4 Å². The van der Waals surface area contributed by atoms with Crippen LogP contribution in [0, 0.1) is 12.8 Å². The molecule has 21 heavy (non-hydrogen) atoms. The predicted molar refractivity (Wildman–Crippen MR) is 88.6 cm³/mol. The maximum absolute atomic E-state index is 12.6. The topological polar surface area (TPSA) is 72.2 Å². The second-order valence-electron chi connectivity index (χ2n) is 5.77. The first-order valence-corrected chi connectivity index (χ1v) is 9.70. The molecule has 0 aliphatic heterocycles. The van der Waals surface area contributed by atoms with Gasteiger partial charge in [0, 0.05) is 17.1 Å². The van der Waals surface area contributed by atoms with Gasteiger partial charge in [0.05, 0.1) is 4.90 Å². The van der Waals surface area contributed by atoms with Crippen molar-refractivity contribution in [3.63, 3.8) is 0 Å². The van der Waals surface area contributed by atoms with Gasteiger partial charge in [0.15, 0.2) is 0 Å². The molecule has 1 unspecified atom stereocenters. The Hall–Kier alpha value is -0.430. The van der Waals surface area contributed by atoms with E-state index in [1.54, 1.807) is 19.1 Å². The van der Waals surface area contributed by atoms with Crippen LogP contribution in [0.1, 0.15) is 37.7 Å². The molecule has 2 rings (SSSR count). The van der Waals surface area contributed by atoms with Crippen molar-refractivity contribution in [3.8, 4) is 0 Å². The van der Waals surface area contributed by atoms with Gasteiger partial charge in [-0.1, -0.05) is 41.3 Å². The van der Waals surface area contributed by atoms with Crippen molar-refractivity contribution in [1.82, 2.24) is 4.72 Å². The van der Waals surface area contributed by atoms with Gasteiger partial charge < -0.3 is 5.73 Å². The van der Waals surface area contributed by atoms with Gasteiger partial charge in [-0.3, -0.25) is 0 Å². The van der Waals surface area contributed by atoms with Crippen LogP contribution in [-0.4, -0.2) is 21.0 Å². The Labute approximate surface area is 135 Å². The fourth-order valence-corrected chi connectivity index (χ4v) is 5.10. The molecule has 0 bridgehead atoms. The largest absolute Gasteiger partial charge is 0.329 e. The number of nitrogens with one attached hydrogen (secondary N) is 1. The summed E-state index contributed by atoms with van der Waals surface area (Å²) in [6.45, 7) is 2.15. The Bertz CT molecular complexity index is 583. The first-order valence-electron chi connectivity index (χ1n) is 7.42. The van der Waals surface area contributed by atoms with Gasteiger partial charge in [-0.25, -0.2) is 13.1 Å². The van der Waals surface area contributed by atoms with Gasteiger partial charge in [-0.15, -0.1) is 0 Å². The summed E-state index contributed by atoms with van der Waals surface area (Å²) in [7, 11) is -3.53. The monoisotopic (exact) mass is 374 g/mol. The molecule has 118 valence electrons. The van der Waals surface area contributed by atoms with Crippen LogP contribution in [-0.2, 0) is 10.0 Å². The standard InChI is InChI=1S/C15H23BrN2O2S/c1-11-7-8-13(16)9-15(11)21(19,20)18-14(10-17)12-5-3-2-4-6-12/h7-9,12,14,18H,2-6,10,17H2,1H3. The van der Waals surface area contributed by atoms with Crippen LogP contribution in [0.4, 0.5) is 0 Å². The summed E-state index contributed by atoms with van der Waals surface area (Å²) in [5.74, 6) is 0.353. The fraction of sp³-hybridized carbons (Fsp3) is 0.600. The molecule has 1 aromatic carbocycles. The number of nitrogens with two attached hydrogens (primary N) is 1. The summed E-state index contributed by atoms with van der Waals surface area (Å²) in [6.07, 6.45) is 5.69. The molecule has 1 atom stereocenters. The first kappa shape index (κ1) is 16.9. The summed E-state index contributed by atoms with van der Waals surface area (Å²) >= 11 is 3.33. The second-order valence-corrected chi connectivity index (χ2v) is 8.37. The van der Waals surface area contributed by atoms with Crippen molar-refractivity contribution >= 4 is 26.0 Å². The van der Waals surface area contributed by atoms with Crippen LogP contribution in [0.2, 0.25) is 0 Å². The molecule has 1 aliphatic rings. The molecule has 1 saturated carbocycles. The molecule has 4 nitrogen and oxygen atoms in total. The number of aryl methyl sites for hydroxylation is 1. The van der Waals surface area contributed by atoms with Gasteiger partial charge in [0.25, 0.3) is 0 Å². The van der Waals surface area contributed by atoms with E-state index in [2.05, 4.69) is 20.7 Å². The lowest BCUT2D eigenvalue weighted by atomic mass is 9.84. The summed E-state index contributed by atoms with van der Waals surface area (Å²) < 4.78 is 28.8. The van der Waals surface area contributed by atoms with Crippen LogP contribution in [0.3, 0.4) is 0 Å². The average Bonchev–Trinajstić information content (AvgIpc) is 2.48. The molecule has 0 aromatic heterocycles. The highest BCUT2D eigenvalue weighted by atomic mass is 79.9. The van der Waals surface area contributed by atoms with E-state index < -0.39 is 10.0 Å². The lowest BCUT2D eigenvalue weighted by molar-refractivity contribution is 0.294. The Morgan fingerprint density at radius 3 is 2.62 bits per heavy atom. The minimum absolute atomic E-state index is 0.173. The quantitative estimate of drug-likeness (QED) is 0.831. The molecule has 0 spiro atoms. The summed E-state index contributed by atoms with van der Waals surface area (Å²) in [5.41, 5.74) is 6.56. The van der Waals surface area contributed by atoms with Crippen molar-refractivity contribution in [2.24, 2.45) is 11.7 Å². The molecule has 0 saturated heterocycles. The summed E-state index contributed by atoms with van der Waals surface area (Å²) in [5, 5.41) is 0. The average molecular weight is 375 g/mol. The van der Waals surface area contributed by atoms with Crippen molar-refractivity contribution in [2.45, 2.75) is 50.0 Å². The van der Waals surface area contributed by atoms with E-state index >= 15 is 0 Å². The van der Waals surface area contributed by atoms with E-state index in [0.717, 1.165) is 22.9 Å². The lowest BCUT2D eigenvalue weighted by Gasteiger charge is -2.30. The molecule has 1 aromatic rings. The van der Waals surface area contributed by atoms with Gasteiger partial charge in [-0.2, -0.15) is 0 Å². The summed E-state index contributed by atoms with van der Waals surface area (Å²) in [4.78, 5) is 0.325. The van der Waals surface area contributed by atoms with Crippen molar-refractivity contribution < 1.29 is 8.42 Å². The Morgan fingerprint density at radius 1 is 1.33 bits per heavy atom. The van der Waals surface area contributed by atoms with Crippen LogP contribution in [0.5, 0.6) is 0 Å². The van der Waals surface area contributed by atoms with E-state index in [1.165, 1.54) is 19.3 Å².